The van der Waals surface area contributed by atoms with Crippen LogP contribution in [0.4, 0.5) is 16.9 Å². The second-order valence-electron chi connectivity index (χ2n) is 22.1. The smallest absolute Gasteiger partial charge is 0.358 e. The molecule has 3 aliphatic heterocycles. The number of nitrogens with one attached hydrogen (secondary N) is 2. The summed E-state index contributed by atoms with van der Waals surface area (Å²) in [6.45, 7) is 13.7. The van der Waals surface area contributed by atoms with Crippen LogP contribution in [0.25, 0.3) is 32.4 Å². The Morgan fingerprint density at radius 2 is 1.61 bits per heavy atom. The third-order valence-corrected chi connectivity index (χ3v) is 16.6. The summed E-state index contributed by atoms with van der Waals surface area (Å²) in [6.07, 6.45) is 8.56. The molecule has 15 nitrogen and oxygen atoms in total. The summed E-state index contributed by atoms with van der Waals surface area (Å²) in [5, 5.41) is 6.08. The number of anilines is 3. The average molecular weight is 1040 g/mol. The molecule has 1 atom stereocenters. The highest BCUT2D eigenvalue weighted by molar-refractivity contribution is 7.22. The molecule has 394 valence electrons. The van der Waals surface area contributed by atoms with Crippen LogP contribution >= 0.6 is 11.3 Å². The number of ether oxygens (including phenoxy) is 2. The number of rotatable bonds is 13. The van der Waals surface area contributed by atoms with Crippen molar-refractivity contribution < 1.29 is 28.7 Å². The van der Waals surface area contributed by atoms with E-state index in [0.29, 0.717) is 53.9 Å². The zero-order valence-electron chi connectivity index (χ0n) is 44.2. The summed E-state index contributed by atoms with van der Waals surface area (Å²) in [6, 6.07) is 29.8. The zero-order valence-corrected chi connectivity index (χ0v) is 45.0. The molecule has 4 aliphatic rings. The number of hydrogen-bond acceptors (Lipinski definition) is 13. The molecule has 7 aromatic rings. The lowest BCUT2D eigenvalue weighted by Gasteiger charge is -2.35. The largest absolute Gasteiger partial charge is 0.490 e. The van der Waals surface area contributed by atoms with Crippen molar-refractivity contribution >= 4 is 73.2 Å². The minimum absolute atomic E-state index is 0.161. The average Bonchev–Trinajstić information content (AvgIpc) is 4.00. The van der Waals surface area contributed by atoms with Gasteiger partial charge in [-0.3, -0.25) is 29.9 Å². The van der Waals surface area contributed by atoms with Crippen molar-refractivity contribution in [1.29, 1.82) is 0 Å². The molecule has 1 saturated carbocycles. The molecule has 3 aromatic heterocycles. The van der Waals surface area contributed by atoms with Crippen LogP contribution in [0, 0.1) is 12.8 Å². The summed E-state index contributed by atoms with van der Waals surface area (Å²) in [5.74, 6) is 1.70. The fourth-order valence-electron chi connectivity index (χ4n) is 11.6. The number of pyridine rings is 1. The molecule has 6 heterocycles. The van der Waals surface area contributed by atoms with E-state index in [4.69, 9.17) is 19.4 Å². The molecule has 1 unspecified atom stereocenters. The molecule has 0 spiro atoms. The van der Waals surface area contributed by atoms with E-state index in [1.165, 1.54) is 24.2 Å². The highest BCUT2D eigenvalue weighted by atomic mass is 32.1. The van der Waals surface area contributed by atoms with Crippen LogP contribution in [0.15, 0.2) is 91.0 Å². The number of benzene rings is 4. The maximum absolute atomic E-state index is 14.0. The van der Waals surface area contributed by atoms with E-state index in [0.717, 1.165) is 126 Å². The standard InChI is InChI=1S/C60H67N9O6S/c1-37-34-42(74-41-18-15-38(16-19-41)10-9-28-67-30-32-68(33-31-67)59-62-49-35-40(17-24-50(49)66(59)5)44-23-26-53(70)64-55(44)71)20-21-43(37)45-22-25-52(63-54(45)57(73)75-60(2,3)4)69-29-27-39-11-8-12-46(47(39)36-69)56(72)65-58-61-48-13-6-7-14-51(48)76-58/h6-8,11-14,17,20-22,24-25,34-35,38,41,44H,9-10,15-16,18-19,23,26-33,36H2,1-5H3,(H,61,65,72)(H,64,70,71). The first-order chi connectivity index (χ1) is 36.7. The number of piperazine rings is 1. The Kier molecular flexibility index (Phi) is 14.4. The number of thiazole rings is 1. The molecule has 76 heavy (non-hydrogen) atoms. The van der Waals surface area contributed by atoms with Crippen molar-refractivity contribution in [2.45, 2.75) is 110 Å². The lowest BCUT2D eigenvalue weighted by molar-refractivity contribution is -0.134. The number of nitrogens with zero attached hydrogens (tertiary/aromatic N) is 7. The topological polar surface area (TPSA) is 164 Å². The van der Waals surface area contributed by atoms with Gasteiger partial charge < -0.3 is 23.8 Å². The van der Waals surface area contributed by atoms with Crippen LogP contribution in [-0.4, -0.2) is 99.1 Å². The van der Waals surface area contributed by atoms with Crippen molar-refractivity contribution in [3.05, 3.63) is 125 Å². The quantitative estimate of drug-likeness (QED) is 0.0831. The second-order valence-corrected chi connectivity index (χ2v) is 23.1. The first-order valence-electron chi connectivity index (χ1n) is 27.0. The summed E-state index contributed by atoms with van der Waals surface area (Å²) < 4.78 is 15.8. The minimum Gasteiger partial charge on any atom is -0.490 e. The van der Waals surface area contributed by atoms with E-state index in [2.05, 4.69) is 61.0 Å². The maximum atomic E-state index is 14.0. The molecule has 3 amide bonds. The van der Waals surface area contributed by atoms with Gasteiger partial charge in [0.15, 0.2) is 10.8 Å². The minimum atomic E-state index is -0.723. The van der Waals surface area contributed by atoms with Crippen LogP contribution in [0.5, 0.6) is 5.75 Å². The Balaban J connectivity index is 0.677. The number of fused-ring (bicyclic) bond motifs is 3. The van der Waals surface area contributed by atoms with E-state index in [9.17, 15) is 19.2 Å². The van der Waals surface area contributed by atoms with Gasteiger partial charge in [0.2, 0.25) is 17.8 Å². The Labute approximate surface area is 448 Å². The fraction of sp³-hybridized carbons (Fsp3) is 0.417. The number of esters is 1. The molecular weight excluding hydrogens is 975 g/mol. The molecule has 16 heteroatoms. The van der Waals surface area contributed by atoms with Gasteiger partial charge in [0.1, 0.15) is 17.2 Å². The van der Waals surface area contributed by atoms with Gasteiger partial charge in [-0.1, -0.05) is 47.7 Å². The number of hydrogen-bond donors (Lipinski definition) is 2. The Bertz CT molecular complexity index is 3310. The van der Waals surface area contributed by atoms with E-state index >= 15 is 0 Å². The predicted molar refractivity (Wildman–Crippen MR) is 298 cm³/mol. The van der Waals surface area contributed by atoms with E-state index in [1.54, 1.807) is 0 Å². The molecule has 2 saturated heterocycles. The third-order valence-electron chi connectivity index (χ3n) is 15.7. The normalized spacial score (nSPS) is 19.4. The van der Waals surface area contributed by atoms with Gasteiger partial charge in [0.05, 0.1) is 33.3 Å². The maximum Gasteiger partial charge on any atom is 0.358 e. The highest BCUT2D eigenvalue weighted by Gasteiger charge is 2.31. The fourth-order valence-corrected chi connectivity index (χ4v) is 12.5. The van der Waals surface area contributed by atoms with Crippen LogP contribution in [0.1, 0.15) is 121 Å². The van der Waals surface area contributed by atoms with Gasteiger partial charge in [0, 0.05) is 63.9 Å². The van der Waals surface area contributed by atoms with Gasteiger partial charge >= 0.3 is 5.97 Å². The third kappa shape index (κ3) is 11.1. The monoisotopic (exact) mass is 1040 g/mol. The van der Waals surface area contributed by atoms with Crippen molar-refractivity contribution in [1.82, 2.24) is 29.7 Å². The SMILES string of the molecule is Cc1cc(OC2CCC(CCCN3CCN(c4nc5cc(C6CCC(=O)NC6=O)ccc5n4C)CC3)CC2)ccc1-c1ccc(N2CCc3cccc(C(=O)Nc4nc5ccccc5s4)c3C2)nc1C(=O)OC(C)(C)C. The van der Waals surface area contributed by atoms with E-state index in [1.807, 2.05) is 99.6 Å². The number of carbonyl (C=O) groups excluding carboxylic acids is 4. The summed E-state index contributed by atoms with van der Waals surface area (Å²) in [5.41, 5.74) is 8.42. The summed E-state index contributed by atoms with van der Waals surface area (Å²) in [4.78, 5) is 73.8. The number of piperidine rings is 1. The lowest BCUT2D eigenvalue weighted by atomic mass is 9.84. The molecule has 11 rings (SSSR count). The van der Waals surface area contributed by atoms with Crippen LogP contribution < -0.4 is 25.2 Å². The number of aromatic nitrogens is 4. The Hall–Kier alpha value is -7.17. The first kappa shape index (κ1) is 51.0. The van der Waals surface area contributed by atoms with Crippen molar-refractivity contribution in [2.24, 2.45) is 13.0 Å². The zero-order chi connectivity index (χ0) is 52.7. The molecule has 2 N–H and O–H groups in total. The van der Waals surface area contributed by atoms with Crippen LogP contribution in [-0.2, 0) is 34.3 Å². The van der Waals surface area contributed by atoms with Crippen molar-refractivity contribution in [3.8, 4) is 16.9 Å². The number of imide groups is 1. The van der Waals surface area contributed by atoms with Crippen molar-refractivity contribution in [2.75, 3.05) is 54.4 Å². The molecule has 3 fully saturated rings. The molecule has 4 aromatic carbocycles. The van der Waals surface area contributed by atoms with Gasteiger partial charge in [-0.15, -0.1) is 0 Å². The second kappa shape index (κ2) is 21.5. The van der Waals surface area contributed by atoms with Gasteiger partial charge in [0.25, 0.3) is 5.91 Å². The molecular formula is C60H67N9O6S. The van der Waals surface area contributed by atoms with E-state index in [-0.39, 0.29) is 35.4 Å². The van der Waals surface area contributed by atoms with Gasteiger partial charge in [-0.2, -0.15) is 0 Å². The Morgan fingerprint density at radius 3 is 2.38 bits per heavy atom. The van der Waals surface area contributed by atoms with Gasteiger partial charge in [-0.05, 0) is 174 Å². The number of imidazole rings is 1. The van der Waals surface area contributed by atoms with Crippen molar-refractivity contribution in [3.63, 3.8) is 0 Å². The Morgan fingerprint density at radius 1 is 0.803 bits per heavy atom. The summed E-state index contributed by atoms with van der Waals surface area (Å²) in [7, 11) is 2.06. The van der Waals surface area contributed by atoms with Crippen LogP contribution in [0.3, 0.4) is 0 Å². The predicted octanol–water partition coefficient (Wildman–Crippen LogP) is 10.4. The molecule has 0 bridgehead atoms. The molecule has 1 aliphatic carbocycles. The highest BCUT2D eigenvalue weighted by Crippen LogP contribution is 2.37. The lowest BCUT2D eigenvalue weighted by Crippen LogP contribution is -2.47. The first-order valence-corrected chi connectivity index (χ1v) is 27.8. The number of carbonyl (C=O) groups is 4. The summed E-state index contributed by atoms with van der Waals surface area (Å²) >= 11 is 1.45. The number of aryl methyl sites for hydroxylation is 2. The van der Waals surface area contributed by atoms with Gasteiger partial charge in [-0.25, -0.2) is 19.7 Å². The number of para-hydroxylation sites is 1. The molecule has 0 radical (unpaired) electrons. The number of amides is 3. The van der Waals surface area contributed by atoms with Crippen LogP contribution in [0.2, 0.25) is 0 Å². The van der Waals surface area contributed by atoms with E-state index < -0.39 is 11.6 Å².